The first kappa shape index (κ1) is 19.0. The molecule has 0 radical (unpaired) electrons. The van der Waals surface area contributed by atoms with Gasteiger partial charge in [0.2, 0.25) is 0 Å². The van der Waals surface area contributed by atoms with Crippen molar-refractivity contribution in [2.45, 2.75) is 83.4 Å². The van der Waals surface area contributed by atoms with Crippen LogP contribution in [0.2, 0.25) is 0 Å². The summed E-state index contributed by atoms with van der Waals surface area (Å²) in [4.78, 5) is 12.3. The van der Waals surface area contributed by atoms with Gasteiger partial charge in [-0.25, -0.2) is 4.79 Å². The van der Waals surface area contributed by atoms with Crippen molar-refractivity contribution in [2.75, 3.05) is 0 Å². The zero-order chi connectivity index (χ0) is 18.4. The average Bonchev–Trinajstić information content (AvgIpc) is 2.64. The lowest BCUT2D eigenvalue weighted by atomic mass is 9.92. The summed E-state index contributed by atoms with van der Waals surface area (Å²) in [6.07, 6.45) is 19.9. The number of rotatable bonds is 6. The van der Waals surface area contributed by atoms with Crippen LogP contribution in [-0.2, 0) is 9.53 Å². The highest BCUT2D eigenvalue weighted by Gasteiger charge is 2.25. The van der Waals surface area contributed by atoms with Gasteiger partial charge in [0.05, 0.1) is 17.7 Å². The second-order valence-corrected chi connectivity index (χ2v) is 7.77. The fourth-order valence-corrected chi connectivity index (χ4v) is 3.83. The summed E-state index contributed by atoms with van der Waals surface area (Å²) in [5, 5.41) is 7.38. The Hall–Kier alpha value is -1.81. The fraction of sp³-hybridized carbons (Fsp3) is 0.591. The van der Waals surface area contributed by atoms with Crippen LogP contribution in [0, 0.1) is 0 Å². The molecule has 0 heterocycles. The predicted molar refractivity (Wildman–Crippen MR) is 105 cm³/mol. The van der Waals surface area contributed by atoms with Gasteiger partial charge in [-0.2, -0.15) is 0 Å². The van der Waals surface area contributed by atoms with Gasteiger partial charge in [0.1, 0.15) is 0 Å². The van der Waals surface area contributed by atoms with Crippen molar-refractivity contribution >= 4 is 5.97 Å². The molecule has 0 spiro atoms. The van der Waals surface area contributed by atoms with Crippen molar-refractivity contribution in [3.05, 3.63) is 47.3 Å². The summed E-state index contributed by atoms with van der Waals surface area (Å²) in [5.74, 6) is -0.233. The van der Waals surface area contributed by atoms with Gasteiger partial charge < -0.3 is 15.4 Å². The number of carbonyl (C=O) groups is 1. The lowest BCUT2D eigenvalue weighted by molar-refractivity contribution is -0.142. The third kappa shape index (κ3) is 5.34. The van der Waals surface area contributed by atoms with E-state index in [1.54, 1.807) is 0 Å². The van der Waals surface area contributed by atoms with Crippen LogP contribution in [0.25, 0.3) is 0 Å². The second kappa shape index (κ2) is 9.22. The van der Waals surface area contributed by atoms with Crippen molar-refractivity contribution in [1.82, 2.24) is 10.6 Å². The van der Waals surface area contributed by atoms with E-state index in [0.29, 0.717) is 11.6 Å². The maximum atomic E-state index is 12.3. The van der Waals surface area contributed by atoms with Crippen molar-refractivity contribution in [2.24, 2.45) is 0 Å². The number of hydrogen-bond acceptors (Lipinski definition) is 4. The molecule has 1 saturated carbocycles. The molecule has 0 bridgehead atoms. The van der Waals surface area contributed by atoms with E-state index in [0.717, 1.165) is 30.7 Å². The molecule has 142 valence electrons. The lowest BCUT2D eigenvalue weighted by Gasteiger charge is -2.32. The SMILES string of the molecule is CC(C)OC(=O)C1=CCC(NC2CCCCC2)C(NC2=CCCC=C2)=C1. The van der Waals surface area contributed by atoms with Crippen LogP contribution in [0.4, 0.5) is 0 Å². The Labute approximate surface area is 157 Å². The van der Waals surface area contributed by atoms with E-state index >= 15 is 0 Å². The lowest BCUT2D eigenvalue weighted by Crippen LogP contribution is -2.44. The second-order valence-electron chi connectivity index (χ2n) is 7.77. The smallest absolute Gasteiger partial charge is 0.338 e. The summed E-state index contributed by atoms with van der Waals surface area (Å²) in [6, 6.07) is 0.803. The molecular formula is C22H32N2O2. The molecule has 1 fully saturated rings. The van der Waals surface area contributed by atoms with Crippen LogP contribution in [-0.4, -0.2) is 24.2 Å². The molecule has 2 N–H and O–H groups in total. The molecule has 0 saturated heterocycles. The predicted octanol–water partition coefficient (Wildman–Crippen LogP) is 4.27. The van der Waals surface area contributed by atoms with E-state index in [1.165, 1.54) is 32.1 Å². The Morgan fingerprint density at radius 1 is 1.15 bits per heavy atom. The number of hydrogen-bond donors (Lipinski definition) is 2. The van der Waals surface area contributed by atoms with Crippen LogP contribution >= 0.6 is 0 Å². The molecule has 0 aromatic carbocycles. The quantitative estimate of drug-likeness (QED) is 0.698. The largest absolute Gasteiger partial charge is 0.459 e. The molecule has 3 aliphatic carbocycles. The molecular weight excluding hydrogens is 324 g/mol. The minimum Gasteiger partial charge on any atom is -0.459 e. The van der Waals surface area contributed by atoms with Crippen LogP contribution in [0.5, 0.6) is 0 Å². The van der Waals surface area contributed by atoms with Gasteiger partial charge in [-0.05, 0) is 58.1 Å². The van der Waals surface area contributed by atoms with Gasteiger partial charge >= 0.3 is 5.97 Å². The first-order chi connectivity index (χ1) is 12.6. The number of esters is 1. The number of carbonyl (C=O) groups excluding carboxylic acids is 1. The Balaban J connectivity index is 1.72. The Kier molecular flexibility index (Phi) is 6.73. The summed E-state index contributed by atoms with van der Waals surface area (Å²) in [6.45, 7) is 3.77. The number of ether oxygens (including phenoxy) is 1. The molecule has 1 unspecified atom stereocenters. The first-order valence-electron chi connectivity index (χ1n) is 10.1. The van der Waals surface area contributed by atoms with Gasteiger partial charge in [-0.1, -0.05) is 37.5 Å². The van der Waals surface area contributed by atoms with Crippen LogP contribution in [0.1, 0.15) is 65.2 Å². The molecule has 0 aromatic heterocycles. The fourth-order valence-electron chi connectivity index (χ4n) is 3.83. The van der Waals surface area contributed by atoms with Crippen molar-refractivity contribution in [1.29, 1.82) is 0 Å². The maximum Gasteiger partial charge on any atom is 0.338 e. The standard InChI is InChI=1S/C22H32N2O2/c1-16(2)26-22(25)17-13-14-20(23-18-9-5-3-6-10-18)21(15-17)24-19-11-7-4-8-12-19/h7,11-13,15-16,18,20,23-24H,3-6,8-10,14H2,1-2H3. The maximum absolute atomic E-state index is 12.3. The van der Waals surface area contributed by atoms with Gasteiger partial charge in [0, 0.05) is 17.4 Å². The Morgan fingerprint density at radius 2 is 1.96 bits per heavy atom. The van der Waals surface area contributed by atoms with E-state index in [-0.39, 0.29) is 18.1 Å². The van der Waals surface area contributed by atoms with E-state index in [2.05, 4.69) is 28.9 Å². The highest BCUT2D eigenvalue weighted by Crippen LogP contribution is 2.24. The van der Waals surface area contributed by atoms with Gasteiger partial charge in [0.25, 0.3) is 0 Å². The highest BCUT2D eigenvalue weighted by atomic mass is 16.5. The highest BCUT2D eigenvalue weighted by molar-refractivity contribution is 5.92. The van der Waals surface area contributed by atoms with Crippen LogP contribution < -0.4 is 10.6 Å². The molecule has 0 amide bonds. The average molecular weight is 357 g/mol. The summed E-state index contributed by atoms with van der Waals surface area (Å²) in [7, 11) is 0. The Morgan fingerprint density at radius 3 is 2.65 bits per heavy atom. The van der Waals surface area contributed by atoms with Crippen molar-refractivity contribution < 1.29 is 9.53 Å². The van der Waals surface area contributed by atoms with E-state index in [1.807, 2.05) is 26.0 Å². The summed E-state index contributed by atoms with van der Waals surface area (Å²) in [5.41, 5.74) is 2.85. The third-order valence-electron chi connectivity index (χ3n) is 5.16. The zero-order valence-corrected chi connectivity index (χ0v) is 16.1. The monoisotopic (exact) mass is 356 g/mol. The molecule has 1 atom stereocenters. The van der Waals surface area contributed by atoms with E-state index in [9.17, 15) is 4.79 Å². The van der Waals surface area contributed by atoms with E-state index < -0.39 is 0 Å². The Bertz CT molecular complexity index is 622. The van der Waals surface area contributed by atoms with Gasteiger partial charge in [0.15, 0.2) is 0 Å². The molecule has 0 aliphatic heterocycles. The number of nitrogens with one attached hydrogen (secondary N) is 2. The van der Waals surface area contributed by atoms with Crippen molar-refractivity contribution in [3.63, 3.8) is 0 Å². The topological polar surface area (TPSA) is 50.4 Å². The van der Waals surface area contributed by atoms with Gasteiger partial charge in [-0.3, -0.25) is 0 Å². The molecule has 4 nitrogen and oxygen atoms in total. The first-order valence-corrected chi connectivity index (χ1v) is 10.1. The zero-order valence-electron chi connectivity index (χ0n) is 16.1. The summed E-state index contributed by atoms with van der Waals surface area (Å²) < 4.78 is 5.38. The minimum atomic E-state index is -0.233. The van der Waals surface area contributed by atoms with E-state index in [4.69, 9.17) is 4.74 Å². The minimum absolute atomic E-state index is 0.102. The molecule has 3 aliphatic rings. The van der Waals surface area contributed by atoms with Gasteiger partial charge in [-0.15, -0.1) is 0 Å². The van der Waals surface area contributed by atoms with Crippen molar-refractivity contribution in [3.8, 4) is 0 Å². The molecule has 0 aromatic rings. The normalized spacial score (nSPS) is 24.0. The molecule has 3 rings (SSSR count). The third-order valence-corrected chi connectivity index (χ3v) is 5.16. The number of allylic oxidation sites excluding steroid dienone is 3. The van der Waals surface area contributed by atoms with Crippen LogP contribution in [0.3, 0.4) is 0 Å². The molecule has 26 heavy (non-hydrogen) atoms. The molecule has 4 heteroatoms. The van der Waals surface area contributed by atoms with Crippen LogP contribution in [0.15, 0.2) is 47.3 Å². The summed E-state index contributed by atoms with van der Waals surface area (Å²) >= 11 is 0.